The van der Waals surface area contributed by atoms with Gasteiger partial charge >= 0.3 is 5.13 Å². The van der Waals surface area contributed by atoms with Crippen LogP contribution in [0.15, 0.2) is 18.2 Å². The Bertz CT molecular complexity index is 410. The zero-order valence-corrected chi connectivity index (χ0v) is 7.44. The van der Waals surface area contributed by atoms with Gasteiger partial charge in [0.25, 0.3) is 0 Å². The zero-order valence-electron chi connectivity index (χ0n) is 6.63. The number of H-pyrrole nitrogens is 1. The summed E-state index contributed by atoms with van der Waals surface area (Å²) in [6, 6.07) is 5.83. The van der Waals surface area contributed by atoms with Gasteiger partial charge < -0.3 is 4.74 Å². The first-order chi connectivity index (χ1) is 5.79. The predicted octanol–water partition coefficient (Wildman–Crippen LogP) is 1.31. The first-order valence-corrected chi connectivity index (χ1v) is 4.36. The van der Waals surface area contributed by atoms with Gasteiger partial charge in [0.05, 0.1) is 11.8 Å². The normalized spacial score (nSPS) is 10.4. The van der Waals surface area contributed by atoms with Crippen LogP contribution in [0.2, 0.25) is 0 Å². The van der Waals surface area contributed by atoms with E-state index in [1.165, 1.54) is 11.3 Å². The van der Waals surface area contributed by atoms with Gasteiger partial charge in [-0.05, 0) is 23.5 Å². The number of methoxy groups -OCH3 is 1. The van der Waals surface area contributed by atoms with E-state index < -0.39 is 0 Å². The molecule has 0 saturated heterocycles. The lowest BCUT2D eigenvalue weighted by atomic mass is 10.3. The monoisotopic (exact) mass is 181 g/mol. The van der Waals surface area contributed by atoms with E-state index >= 15 is 0 Å². The summed E-state index contributed by atoms with van der Waals surface area (Å²) >= 11 is 1.52. The van der Waals surface area contributed by atoms with Crippen LogP contribution in [0.1, 0.15) is 0 Å². The average Bonchev–Trinajstić information content (AvgIpc) is 2.43. The predicted molar refractivity (Wildman–Crippen MR) is 49.3 cm³/mol. The fraction of sp³-hybridized carbons (Fsp3) is 0.125. The quantitative estimate of drug-likeness (QED) is 0.721. The Morgan fingerprint density at radius 2 is 2.33 bits per heavy atom. The molecule has 0 spiro atoms. The number of thiazole rings is 1. The zero-order chi connectivity index (χ0) is 8.55. The van der Waals surface area contributed by atoms with Crippen molar-refractivity contribution in [2.24, 2.45) is 0 Å². The van der Waals surface area contributed by atoms with E-state index in [1.807, 2.05) is 18.2 Å². The molecule has 0 aliphatic rings. The van der Waals surface area contributed by atoms with Crippen LogP contribution in [-0.2, 0) is 0 Å². The average molecular weight is 181 g/mol. The van der Waals surface area contributed by atoms with Crippen LogP contribution in [0, 0.1) is 0 Å². The second-order valence-corrected chi connectivity index (χ2v) is 3.54. The van der Waals surface area contributed by atoms with E-state index in [0.717, 1.165) is 21.1 Å². The first-order valence-electron chi connectivity index (χ1n) is 3.55. The molecule has 0 atom stereocenters. The van der Waals surface area contributed by atoms with Gasteiger partial charge in [-0.3, -0.25) is 5.73 Å². The Morgan fingerprint density at radius 3 is 3.08 bits per heavy atom. The number of fused-ring (bicyclic) bond motifs is 1. The van der Waals surface area contributed by atoms with Gasteiger partial charge in [-0.1, -0.05) is 0 Å². The number of ether oxygens (including phenoxy) is 1. The molecule has 0 amide bonds. The van der Waals surface area contributed by atoms with Crippen LogP contribution in [0.5, 0.6) is 5.75 Å². The third kappa shape index (κ3) is 1.10. The van der Waals surface area contributed by atoms with Crippen molar-refractivity contribution in [3.8, 4) is 5.75 Å². The Hall–Kier alpha value is -1.29. The Balaban J connectivity index is 2.66. The molecule has 1 aromatic carbocycles. The molecule has 1 heterocycles. The largest absolute Gasteiger partial charge is 0.497 e. The highest BCUT2D eigenvalue weighted by atomic mass is 32.1. The molecule has 0 aliphatic heterocycles. The third-order valence-corrected chi connectivity index (χ3v) is 2.55. The number of rotatable bonds is 1. The van der Waals surface area contributed by atoms with E-state index in [9.17, 15) is 0 Å². The Labute approximate surface area is 73.8 Å². The van der Waals surface area contributed by atoms with Crippen molar-refractivity contribution in [3.63, 3.8) is 0 Å². The number of nitrogens with two attached hydrogens (primary N) is 1. The maximum Gasteiger partial charge on any atom is 0.330 e. The summed E-state index contributed by atoms with van der Waals surface area (Å²) in [5, 5.41) is 0.721. The van der Waals surface area contributed by atoms with Crippen LogP contribution in [0.25, 0.3) is 10.2 Å². The highest BCUT2D eigenvalue weighted by molar-refractivity contribution is 7.21. The summed E-state index contributed by atoms with van der Waals surface area (Å²) in [5.41, 5.74) is 6.66. The lowest BCUT2D eigenvalue weighted by Gasteiger charge is -1.95. The molecule has 2 aromatic rings. The second kappa shape index (κ2) is 2.64. The maximum absolute atomic E-state index is 5.60. The van der Waals surface area contributed by atoms with Gasteiger partial charge in [0.1, 0.15) is 11.3 Å². The molecule has 0 unspecified atom stereocenters. The van der Waals surface area contributed by atoms with Crippen molar-refractivity contribution in [3.05, 3.63) is 18.2 Å². The lowest BCUT2D eigenvalue weighted by Crippen LogP contribution is -2.03. The van der Waals surface area contributed by atoms with Gasteiger partial charge in [-0.2, -0.15) is 0 Å². The summed E-state index contributed by atoms with van der Waals surface area (Å²) in [5.74, 6) is 0.859. The van der Waals surface area contributed by atoms with Crippen molar-refractivity contribution in [2.45, 2.75) is 0 Å². The van der Waals surface area contributed by atoms with Gasteiger partial charge in [0.15, 0.2) is 0 Å². The number of aromatic amines is 1. The van der Waals surface area contributed by atoms with Crippen LogP contribution >= 0.6 is 11.3 Å². The van der Waals surface area contributed by atoms with Crippen LogP contribution < -0.4 is 15.5 Å². The van der Waals surface area contributed by atoms with Crippen LogP contribution in [-0.4, -0.2) is 7.11 Å². The molecular weight excluding hydrogens is 172 g/mol. The Kier molecular flexibility index (Phi) is 1.62. The fourth-order valence-electron chi connectivity index (χ4n) is 1.09. The van der Waals surface area contributed by atoms with E-state index in [0.29, 0.717) is 0 Å². The molecule has 4 heteroatoms. The highest BCUT2D eigenvalue weighted by Gasteiger charge is 2.05. The number of aromatic nitrogens is 1. The van der Waals surface area contributed by atoms with Crippen molar-refractivity contribution in [2.75, 3.05) is 12.8 Å². The smallest absolute Gasteiger partial charge is 0.330 e. The molecule has 12 heavy (non-hydrogen) atoms. The number of hydrogen-bond donors (Lipinski definition) is 1. The minimum absolute atomic E-state index is 0.721. The van der Waals surface area contributed by atoms with Crippen molar-refractivity contribution >= 4 is 26.7 Å². The van der Waals surface area contributed by atoms with Crippen molar-refractivity contribution in [1.82, 2.24) is 0 Å². The molecule has 2 rings (SSSR count). The van der Waals surface area contributed by atoms with E-state index in [1.54, 1.807) is 7.11 Å². The van der Waals surface area contributed by atoms with Gasteiger partial charge in [-0.15, -0.1) is 0 Å². The summed E-state index contributed by atoms with van der Waals surface area (Å²) in [4.78, 5) is 3.05. The summed E-state index contributed by atoms with van der Waals surface area (Å²) in [6.07, 6.45) is 0. The topological polar surface area (TPSA) is 49.4 Å². The number of nitrogens with one attached hydrogen (secondary N) is 1. The number of anilines is 1. The van der Waals surface area contributed by atoms with E-state index in [2.05, 4.69) is 4.98 Å². The molecular formula is C8H9N2OS+. The number of hydrogen-bond acceptors (Lipinski definition) is 3. The minimum atomic E-state index is 0.721. The van der Waals surface area contributed by atoms with Gasteiger partial charge in [0, 0.05) is 6.07 Å². The first kappa shape index (κ1) is 7.36. The minimum Gasteiger partial charge on any atom is -0.497 e. The summed E-state index contributed by atoms with van der Waals surface area (Å²) < 4.78 is 6.20. The standard InChI is InChI=1S/C8H8N2OS/c1-11-5-2-3-6-7(4-5)12-8(9)10-6/h2-4H,1H3,(H2,9,10)/p+1. The summed E-state index contributed by atoms with van der Waals surface area (Å²) in [6.45, 7) is 0. The highest BCUT2D eigenvalue weighted by Crippen LogP contribution is 2.24. The molecule has 0 radical (unpaired) electrons. The van der Waals surface area contributed by atoms with Gasteiger partial charge in [0.2, 0.25) is 0 Å². The molecule has 0 aliphatic carbocycles. The Morgan fingerprint density at radius 1 is 1.50 bits per heavy atom. The van der Waals surface area contributed by atoms with Crippen molar-refractivity contribution < 1.29 is 9.72 Å². The van der Waals surface area contributed by atoms with Gasteiger partial charge in [-0.25, -0.2) is 4.98 Å². The van der Waals surface area contributed by atoms with E-state index in [4.69, 9.17) is 10.5 Å². The lowest BCUT2D eigenvalue weighted by molar-refractivity contribution is -0.320. The fourth-order valence-corrected chi connectivity index (χ4v) is 1.90. The van der Waals surface area contributed by atoms with E-state index in [-0.39, 0.29) is 0 Å². The third-order valence-electron chi connectivity index (χ3n) is 1.67. The molecule has 0 saturated carbocycles. The van der Waals surface area contributed by atoms with Crippen LogP contribution in [0.4, 0.5) is 5.13 Å². The molecule has 3 nitrogen and oxygen atoms in total. The van der Waals surface area contributed by atoms with Crippen LogP contribution in [0.3, 0.4) is 0 Å². The SMILES string of the molecule is COc1ccc2[nH+]c(N)sc2c1. The summed E-state index contributed by atoms with van der Waals surface area (Å²) in [7, 11) is 1.65. The number of benzene rings is 1. The maximum atomic E-state index is 5.60. The molecule has 62 valence electrons. The molecule has 3 N–H and O–H groups in total. The molecule has 0 bridgehead atoms. The van der Waals surface area contributed by atoms with Crippen molar-refractivity contribution in [1.29, 1.82) is 0 Å². The molecule has 1 aromatic heterocycles. The number of nitrogen functional groups attached to an aromatic ring is 1. The molecule has 0 fully saturated rings. The second-order valence-electron chi connectivity index (χ2n) is 2.45.